The topological polar surface area (TPSA) is 20.3 Å². The molecular weight excluding hydrogens is 152 g/mol. The van der Waals surface area contributed by atoms with Gasteiger partial charge >= 0.3 is 6.43 Å². The molecule has 0 radical (unpaired) electrons. The van der Waals surface area contributed by atoms with Crippen LogP contribution in [0, 0.1) is 0 Å². The number of likely N-dealkylation sites (tertiary alicyclic amines) is 1. The van der Waals surface area contributed by atoms with E-state index >= 15 is 0 Å². The van der Waals surface area contributed by atoms with Crippen LogP contribution in [0.4, 0.5) is 8.78 Å². The molecule has 1 heterocycles. The average molecular weight is 163 g/mol. The zero-order valence-corrected chi connectivity index (χ0v) is 6.55. The Morgan fingerprint density at radius 2 is 1.91 bits per heavy atom. The van der Waals surface area contributed by atoms with Crippen molar-refractivity contribution >= 4 is 5.91 Å². The molecule has 2 atom stereocenters. The maximum atomic E-state index is 11.9. The first-order valence-corrected chi connectivity index (χ1v) is 3.64. The van der Waals surface area contributed by atoms with Crippen LogP contribution < -0.4 is 0 Å². The molecule has 0 spiro atoms. The lowest BCUT2D eigenvalue weighted by Crippen LogP contribution is -2.57. The van der Waals surface area contributed by atoms with E-state index in [0.29, 0.717) is 0 Å². The molecule has 1 aliphatic heterocycles. The molecule has 0 bridgehead atoms. The van der Waals surface area contributed by atoms with E-state index in [0.717, 1.165) is 6.42 Å². The highest BCUT2D eigenvalue weighted by molar-refractivity contribution is 5.80. The zero-order valence-electron chi connectivity index (χ0n) is 6.55. The smallest absolute Gasteiger partial charge is 0.315 e. The minimum atomic E-state index is -2.85. The summed E-state index contributed by atoms with van der Waals surface area (Å²) in [5, 5.41) is 0. The van der Waals surface area contributed by atoms with Crippen molar-refractivity contribution in [2.75, 3.05) is 0 Å². The summed E-state index contributed by atoms with van der Waals surface area (Å²) in [4.78, 5) is 12.0. The SMILES string of the molecule is CC1CC(C)N1C(=O)C(F)F. The Morgan fingerprint density at radius 3 is 2.09 bits per heavy atom. The van der Waals surface area contributed by atoms with E-state index in [4.69, 9.17) is 0 Å². The van der Waals surface area contributed by atoms with Crippen molar-refractivity contribution < 1.29 is 13.6 Å². The Hall–Kier alpha value is -0.670. The molecule has 1 rings (SSSR count). The minimum absolute atomic E-state index is 0.00787. The van der Waals surface area contributed by atoms with Crippen LogP contribution in [0.3, 0.4) is 0 Å². The van der Waals surface area contributed by atoms with Gasteiger partial charge in [0.05, 0.1) is 0 Å². The van der Waals surface area contributed by atoms with Crippen molar-refractivity contribution in [3.05, 3.63) is 0 Å². The molecule has 0 N–H and O–H groups in total. The fourth-order valence-corrected chi connectivity index (χ4v) is 1.56. The molecule has 1 amide bonds. The average Bonchev–Trinajstić information content (AvgIpc) is 1.86. The molecule has 2 nitrogen and oxygen atoms in total. The van der Waals surface area contributed by atoms with Gasteiger partial charge in [-0.3, -0.25) is 4.79 Å². The van der Waals surface area contributed by atoms with E-state index in [-0.39, 0.29) is 12.1 Å². The number of rotatable bonds is 1. The zero-order chi connectivity index (χ0) is 8.59. The third kappa shape index (κ3) is 1.34. The lowest BCUT2D eigenvalue weighted by Gasteiger charge is -2.45. The Morgan fingerprint density at radius 1 is 1.45 bits per heavy atom. The summed E-state index contributed by atoms with van der Waals surface area (Å²) in [6.07, 6.45) is -2.02. The van der Waals surface area contributed by atoms with E-state index in [1.165, 1.54) is 4.90 Å². The number of carbonyl (C=O) groups excluding carboxylic acids is 1. The fraction of sp³-hybridized carbons (Fsp3) is 0.857. The second-order valence-corrected chi connectivity index (χ2v) is 2.98. The van der Waals surface area contributed by atoms with Crippen molar-refractivity contribution in [2.45, 2.75) is 38.8 Å². The van der Waals surface area contributed by atoms with Crippen molar-refractivity contribution in [1.29, 1.82) is 0 Å². The Bertz CT molecular complexity index is 164. The number of hydrogen-bond donors (Lipinski definition) is 0. The highest BCUT2D eigenvalue weighted by Gasteiger charge is 2.38. The molecule has 0 aromatic rings. The maximum absolute atomic E-state index is 11.9. The predicted octanol–water partition coefficient (Wildman–Crippen LogP) is 1.26. The van der Waals surface area contributed by atoms with Gasteiger partial charge in [-0.25, -0.2) is 0 Å². The molecule has 11 heavy (non-hydrogen) atoms. The number of alkyl halides is 2. The summed E-state index contributed by atoms with van der Waals surface area (Å²) in [6.45, 7) is 3.56. The molecular formula is C7H11F2NO. The molecule has 1 fully saturated rings. The van der Waals surface area contributed by atoms with Crippen LogP contribution in [0.5, 0.6) is 0 Å². The minimum Gasteiger partial charge on any atom is -0.332 e. The molecule has 1 saturated heterocycles. The van der Waals surface area contributed by atoms with Crippen LogP contribution in [-0.4, -0.2) is 29.3 Å². The second-order valence-electron chi connectivity index (χ2n) is 2.98. The highest BCUT2D eigenvalue weighted by atomic mass is 19.3. The number of carbonyl (C=O) groups is 1. The Balaban J connectivity index is 2.53. The molecule has 0 aromatic carbocycles. The molecule has 0 saturated carbocycles. The molecule has 64 valence electrons. The standard InChI is InChI=1S/C7H11F2NO/c1-4-3-5(2)10(4)7(11)6(8)9/h4-6H,3H2,1-2H3. The van der Waals surface area contributed by atoms with E-state index < -0.39 is 12.3 Å². The Labute approximate surface area is 64.2 Å². The summed E-state index contributed by atoms with van der Waals surface area (Å²) in [6, 6.07) is -0.0157. The van der Waals surface area contributed by atoms with Gasteiger partial charge in [-0.2, -0.15) is 8.78 Å². The molecule has 0 aliphatic carbocycles. The van der Waals surface area contributed by atoms with Gasteiger partial charge in [0, 0.05) is 12.1 Å². The fourth-order valence-electron chi connectivity index (χ4n) is 1.56. The summed E-state index contributed by atoms with van der Waals surface area (Å²) in [7, 11) is 0. The quantitative estimate of drug-likeness (QED) is 0.570. The lowest BCUT2D eigenvalue weighted by atomic mass is 9.96. The molecule has 4 heteroatoms. The number of amides is 1. The summed E-state index contributed by atoms with van der Waals surface area (Å²) < 4.78 is 23.7. The lowest BCUT2D eigenvalue weighted by molar-refractivity contribution is -0.155. The van der Waals surface area contributed by atoms with Gasteiger partial charge in [0.2, 0.25) is 0 Å². The highest BCUT2D eigenvalue weighted by Crippen LogP contribution is 2.26. The number of halogens is 2. The van der Waals surface area contributed by atoms with Gasteiger partial charge < -0.3 is 4.90 Å². The van der Waals surface area contributed by atoms with E-state index in [1.807, 2.05) is 0 Å². The van der Waals surface area contributed by atoms with Crippen molar-refractivity contribution in [3.63, 3.8) is 0 Å². The van der Waals surface area contributed by atoms with Gasteiger partial charge in [0.25, 0.3) is 5.91 Å². The number of nitrogens with zero attached hydrogens (tertiary/aromatic N) is 1. The maximum Gasteiger partial charge on any atom is 0.315 e. The number of hydrogen-bond acceptors (Lipinski definition) is 1. The predicted molar refractivity (Wildman–Crippen MR) is 36.4 cm³/mol. The van der Waals surface area contributed by atoms with Gasteiger partial charge in [-0.05, 0) is 20.3 Å². The monoisotopic (exact) mass is 163 g/mol. The van der Waals surface area contributed by atoms with Crippen molar-refractivity contribution in [1.82, 2.24) is 4.90 Å². The molecule has 1 aliphatic rings. The van der Waals surface area contributed by atoms with Crippen LogP contribution in [0.1, 0.15) is 20.3 Å². The van der Waals surface area contributed by atoms with Crippen LogP contribution in [-0.2, 0) is 4.79 Å². The van der Waals surface area contributed by atoms with Gasteiger partial charge in [-0.15, -0.1) is 0 Å². The van der Waals surface area contributed by atoms with E-state index in [9.17, 15) is 13.6 Å². The van der Waals surface area contributed by atoms with E-state index in [1.54, 1.807) is 13.8 Å². The summed E-state index contributed by atoms with van der Waals surface area (Å²) in [5.41, 5.74) is 0. The van der Waals surface area contributed by atoms with Crippen LogP contribution >= 0.6 is 0 Å². The first-order chi connectivity index (χ1) is 5.04. The molecule has 0 aromatic heterocycles. The van der Waals surface area contributed by atoms with Crippen molar-refractivity contribution in [3.8, 4) is 0 Å². The summed E-state index contributed by atoms with van der Waals surface area (Å²) in [5.74, 6) is -1.03. The van der Waals surface area contributed by atoms with Crippen LogP contribution in [0.15, 0.2) is 0 Å². The second kappa shape index (κ2) is 2.75. The van der Waals surface area contributed by atoms with Crippen LogP contribution in [0.25, 0.3) is 0 Å². The van der Waals surface area contributed by atoms with Crippen molar-refractivity contribution in [2.24, 2.45) is 0 Å². The van der Waals surface area contributed by atoms with E-state index in [2.05, 4.69) is 0 Å². The Kier molecular flexibility index (Phi) is 2.11. The molecule has 2 unspecified atom stereocenters. The van der Waals surface area contributed by atoms with Gasteiger partial charge in [-0.1, -0.05) is 0 Å². The third-order valence-corrected chi connectivity index (χ3v) is 2.07. The van der Waals surface area contributed by atoms with Crippen LogP contribution in [0.2, 0.25) is 0 Å². The largest absolute Gasteiger partial charge is 0.332 e. The van der Waals surface area contributed by atoms with Gasteiger partial charge in [0.1, 0.15) is 0 Å². The first-order valence-electron chi connectivity index (χ1n) is 3.64. The normalized spacial score (nSPS) is 30.5. The summed E-state index contributed by atoms with van der Waals surface area (Å²) >= 11 is 0. The first kappa shape index (κ1) is 8.43. The third-order valence-electron chi connectivity index (χ3n) is 2.07. The van der Waals surface area contributed by atoms with Gasteiger partial charge in [0.15, 0.2) is 0 Å².